The molecule has 140 valence electrons. The number of benzene rings is 2. The number of carbonyl (C=O) groups is 2. The first-order valence-corrected chi connectivity index (χ1v) is 9.74. The fourth-order valence-electron chi connectivity index (χ4n) is 2.72. The van der Waals surface area contributed by atoms with Crippen molar-refractivity contribution in [3.05, 3.63) is 71.1 Å². The molecule has 2 amide bonds. The minimum atomic E-state index is -0.247. The number of amides is 2. The average molecular weight is 382 g/mol. The molecule has 0 aromatic heterocycles. The van der Waals surface area contributed by atoms with Gasteiger partial charge < -0.3 is 15.5 Å². The molecule has 27 heavy (non-hydrogen) atoms. The van der Waals surface area contributed by atoms with E-state index in [0.717, 1.165) is 30.1 Å². The van der Waals surface area contributed by atoms with Gasteiger partial charge in [-0.1, -0.05) is 54.2 Å². The minimum Gasteiger partial charge on any atom is -0.351 e. The molecule has 6 heteroatoms. The fraction of sp³-hybridized carbons (Fsp3) is 0.238. The first kappa shape index (κ1) is 19.2. The summed E-state index contributed by atoms with van der Waals surface area (Å²) in [6, 6.07) is 17.9. The molecule has 0 unspecified atom stereocenters. The van der Waals surface area contributed by atoms with E-state index < -0.39 is 0 Å². The highest BCUT2D eigenvalue weighted by atomic mass is 32.2. The molecular formula is C21H23N3O2S. The van der Waals surface area contributed by atoms with E-state index in [1.54, 1.807) is 0 Å². The lowest BCUT2D eigenvalue weighted by molar-refractivity contribution is -0.117. The summed E-state index contributed by atoms with van der Waals surface area (Å²) >= 11 is 1.32. The highest BCUT2D eigenvalue weighted by molar-refractivity contribution is 8.04. The molecule has 1 aliphatic rings. The van der Waals surface area contributed by atoms with E-state index >= 15 is 0 Å². The molecule has 0 saturated carbocycles. The van der Waals surface area contributed by atoms with Gasteiger partial charge >= 0.3 is 0 Å². The first-order chi connectivity index (χ1) is 13.1. The van der Waals surface area contributed by atoms with Crippen LogP contribution in [0.15, 0.2) is 70.5 Å². The Morgan fingerprint density at radius 1 is 1.11 bits per heavy atom. The maximum Gasteiger partial charge on any atom is 0.262 e. The summed E-state index contributed by atoms with van der Waals surface area (Å²) in [6.45, 7) is 2.22. The van der Waals surface area contributed by atoms with Gasteiger partial charge in [0.25, 0.3) is 5.91 Å². The number of anilines is 1. The summed E-state index contributed by atoms with van der Waals surface area (Å²) in [7, 11) is 2.04. The number of hydrogen-bond donors (Lipinski definition) is 2. The molecule has 0 spiro atoms. The maximum atomic E-state index is 12.1. The lowest BCUT2D eigenvalue weighted by atomic mass is 10.1. The van der Waals surface area contributed by atoms with E-state index in [-0.39, 0.29) is 11.8 Å². The monoisotopic (exact) mass is 381 g/mol. The van der Waals surface area contributed by atoms with Crippen molar-refractivity contribution in [2.75, 3.05) is 32.0 Å². The lowest BCUT2D eigenvalue weighted by Gasteiger charge is -2.18. The summed E-state index contributed by atoms with van der Waals surface area (Å²) in [5.74, 6) is -0.489. The van der Waals surface area contributed by atoms with Gasteiger partial charge in [-0.15, -0.1) is 0 Å². The van der Waals surface area contributed by atoms with E-state index in [2.05, 4.69) is 27.7 Å². The molecule has 3 rings (SSSR count). The van der Waals surface area contributed by atoms with Gasteiger partial charge in [-0.05, 0) is 31.2 Å². The molecule has 2 aromatic carbocycles. The van der Waals surface area contributed by atoms with Crippen molar-refractivity contribution in [3.63, 3.8) is 0 Å². The van der Waals surface area contributed by atoms with E-state index in [0.29, 0.717) is 11.4 Å². The number of thioether (sulfide) groups is 1. The Kier molecular flexibility index (Phi) is 6.68. The molecule has 0 fully saturated rings. The standard InChI is InChI=1S/C21H23N3O2S/c1-24(13-11-16-7-3-2-4-8-16)14-12-22-20(25)15-19-21(26)23-17-9-5-6-10-18(17)27-19/h2-10,15H,11-14H2,1H3,(H,22,25)(H,23,26). The van der Waals surface area contributed by atoms with Crippen LogP contribution in [-0.4, -0.2) is 43.4 Å². The molecule has 0 aliphatic carbocycles. The number of hydrogen-bond acceptors (Lipinski definition) is 4. The summed E-state index contributed by atoms with van der Waals surface area (Å²) in [5.41, 5.74) is 2.09. The quantitative estimate of drug-likeness (QED) is 0.724. The van der Waals surface area contributed by atoms with Gasteiger partial charge in [-0.2, -0.15) is 0 Å². The van der Waals surface area contributed by atoms with Gasteiger partial charge in [0.15, 0.2) is 0 Å². The van der Waals surface area contributed by atoms with Crippen LogP contribution >= 0.6 is 11.8 Å². The number of nitrogens with zero attached hydrogens (tertiary/aromatic N) is 1. The number of likely N-dealkylation sites (N-methyl/N-ethyl adjacent to an activating group) is 1. The van der Waals surface area contributed by atoms with Gasteiger partial charge in [0.2, 0.25) is 5.91 Å². The Balaban J connectivity index is 1.43. The second-order valence-electron chi connectivity index (χ2n) is 6.39. The number of carbonyl (C=O) groups excluding carboxylic acids is 2. The smallest absolute Gasteiger partial charge is 0.262 e. The van der Waals surface area contributed by atoms with Gasteiger partial charge in [0, 0.05) is 30.6 Å². The van der Waals surface area contributed by atoms with Crippen LogP contribution in [0, 0.1) is 0 Å². The Morgan fingerprint density at radius 3 is 2.67 bits per heavy atom. The minimum absolute atomic E-state index is 0.242. The van der Waals surface area contributed by atoms with Crippen molar-refractivity contribution in [2.24, 2.45) is 0 Å². The van der Waals surface area contributed by atoms with Crippen LogP contribution in [0.4, 0.5) is 5.69 Å². The summed E-state index contributed by atoms with van der Waals surface area (Å²) < 4.78 is 0. The van der Waals surface area contributed by atoms with Gasteiger partial charge in [-0.25, -0.2) is 0 Å². The third-order valence-corrected chi connectivity index (χ3v) is 5.36. The van der Waals surface area contributed by atoms with E-state index in [1.165, 1.54) is 23.4 Å². The Hall–Kier alpha value is -2.57. The summed E-state index contributed by atoms with van der Waals surface area (Å²) in [4.78, 5) is 27.8. The van der Waals surface area contributed by atoms with Crippen molar-refractivity contribution in [2.45, 2.75) is 11.3 Å². The topological polar surface area (TPSA) is 61.4 Å². The molecule has 1 heterocycles. The molecule has 5 nitrogen and oxygen atoms in total. The highest BCUT2D eigenvalue weighted by Gasteiger charge is 2.21. The normalized spacial score (nSPS) is 14.7. The van der Waals surface area contributed by atoms with Crippen molar-refractivity contribution >= 4 is 29.3 Å². The zero-order valence-corrected chi connectivity index (χ0v) is 16.1. The second-order valence-corrected chi connectivity index (χ2v) is 7.47. The van der Waals surface area contributed by atoms with E-state index in [4.69, 9.17) is 0 Å². The Labute approximate surface area is 163 Å². The number of para-hydroxylation sites is 1. The zero-order chi connectivity index (χ0) is 19.1. The highest BCUT2D eigenvalue weighted by Crippen LogP contribution is 2.37. The molecule has 2 N–H and O–H groups in total. The van der Waals surface area contributed by atoms with Gasteiger partial charge in [0.05, 0.1) is 10.6 Å². The van der Waals surface area contributed by atoms with Crippen LogP contribution in [0.3, 0.4) is 0 Å². The van der Waals surface area contributed by atoms with E-state index in [9.17, 15) is 9.59 Å². The SMILES string of the molecule is CN(CCNC(=O)C=C1Sc2ccccc2NC1=O)CCc1ccccc1. The number of rotatable bonds is 7. The molecule has 0 bridgehead atoms. The average Bonchev–Trinajstić information content (AvgIpc) is 2.68. The molecule has 0 atom stereocenters. The van der Waals surface area contributed by atoms with Crippen LogP contribution in [0.2, 0.25) is 0 Å². The number of nitrogens with one attached hydrogen (secondary N) is 2. The van der Waals surface area contributed by atoms with Gasteiger partial charge in [0.1, 0.15) is 0 Å². The van der Waals surface area contributed by atoms with Crippen LogP contribution in [0.25, 0.3) is 0 Å². The van der Waals surface area contributed by atoms with Crippen molar-refractivity contribution in [3.8, 4) is 0 Å². The lowest BCUT2D eigenvalue weighted by Crippen LogP contribution is -2.33. The van der Waals surface area contributed by atoms with Crippen molar-refractivity contribution in [1.82, 2.24) is 10.2 Å². The van der Waals surface area contributed by atoms with Crippen molar-refractivity contribution in [1.29, 1.82) is 0 Å². The van der Waals surface area contributed by atoms with Crippen LogP contribution in [0.5, 0.6) is 0 Å². The summed E-state index contributed by atoms with van der Waals surface area (Å²) in [5, 5.41) is 5.66. The summed E-state index contributed by atoms with van der Waals surface area (Å²) in [6.07, 6.45) is 2.35. The van der Waals surface area contributed by atoms with Crippen LogP contribution in [-0.2, 0) is 16.0 Å². The number of fused-ring (bicyclic) bond motifs is 1. The Morgan fingerprint density at radius 2 is 1.85 bits per heavy atom. The third kappa shape index (κ3) is 5.70. The predicted octanol–water partition coefficient (Wildman–Crippen LogP) is 2.91. The van der Waals surface area contributed by atoms with Gasteiger partial charge in [-0.3, -0.25) is 9.59 Å². The molecule has 0 radical (unpaired) electrons. The Bertz CT molecular complexity index is 836. The fourth-order valence-corrected chi connectivity index (χ4v) is 3.64. The predicted molar refractivity (Wildman–Crippen MR) is 110 cm³/mol. The van der Waals surface area contributed by atoms with Crippen molar-refractivity contribution < 1.29 is 9.59 Å². The largest absolute Gasteiger partial charge is 0.351 e. The molecule has 1 aliphatic heterocycles. The zero-order valence-electron chi connectivity index (χ0n) is 15.3. The second kappa shape index (κ2) is 9.39. The van der Waals surface area contributed by atoms with E-state index in [1.807, 2.05) is 49.5 Å². The molecule has 0 saturated heterocycles. The molecular weight excluding hydrogens is 358 g/mol. The van der Waals surface area contributed by atoms with Crippen LogP contribution < -0.4 is 10.6 Å². The molecule has 2 aromatic rings. The first-order valence-electron chi connectivity index (χ1n) is 8.92. The third-order valence-electron chi connectivity index (χ3n) is 4.26. The van der Waals surface area contributed by atoms with Crippen LogP contribution in [0.1, 0.15) is 5.56 Å². The maximum absolute atomic E-state index is 12.1.